The molecule has 0 atom stereocenters. The molecule has 92 valence electrons. The van der Waals surface area contributed by atoms with Crippen molar-refractivity contribution in [2.45, 2.75) is 0 Å². The molecule has 3 rings (SSSR count). The lowest BCUT2D eigenvalue weighted by Gasteiger charge is -2.15. The van der Waals surface area contributed by atoms with E-state index in [1.807, 2.05) is 48.5 Å². The van der Waals surface area contributed by atoms with Gasteiger partial charge in [-0.1, -0.05) is 54.6 Å². The molecule has 2 nitrogen and oxygen atoms in total. The van der Waals surface area contributed by atoms with Crippen LogP contribution in [-0.4, -0.2) is 10.9 Å². The molecule has 0 aromatic heterocycles. The molecule has 0 saturated heterocycles. The second-order valence-corrected chi connectivity index (χ2v) is 4.41. The number of aliphatic hydroxyl groups excluding tert-OH is 1. The van der Waals surface area contributed by atoms with E-state index in [4.69, 9.17) is 0 Å². The molecule has 0 bridgehead atoms. The number of benzene rings is 2. The Morgan fingerprint density at radius 1 is 0.842 bits per heavy atom. The number of carbonyl (C=O) groups is 1. The van der Waals surface area contributed by atoms with Crippen LogP contribution >= 0.6 is 0 Å². The van der Waals surface area contributed by atoms with E-state index in [0.717, 1.165) is 16.7 Å². The van der Waals surface area contributed by atoms with Crippen molar-refractivity contribution in [3.8, 4) is 0 Å². The van der Waals surface area contributed by atoms with Crippen LogP contribution < -0.4 is 0 Å². The molecule has 2 heteroatoms. The van der Waals surface area contributed by atoms with Gasteiger partial charge in [0.15, 0.2) is 5.76 Å². The number of aliphatic hydroxyl groups is 1. The van der Waals surface area contributed by atoms with E-state index >= 15 is 0 Å². The van der Waals surface area contributed by atoms with Gasteiger partial charge in [0.05, 0.1) is 0 Å². The van der Waals surface area contributed by atoms with E-state index < -0.39 is 0 Å². The first-order chi connectivity index (χ1) is 9.25. The molecule has 0 heterocycles. The molecule has 1 aliphatic rings. The fourth-order valence-electron chi connectivity index (χ4n) is 2.21. The van der Waals surface area contributed by atoms with Crippen LogP contribution in [0.4, 0.5) is 0 Å². The summed E-state index contributed by atoms with van der Waals surface area (Å²) in [5.74, 6) is -0.526. The average Bonchev–Trinajstić information content (AvgIpc) is 2.46. The third kappa shape index (κ3) is 2.08. The van der Waals surface area contributed by atoms with Gasteiger partial charge in [0, 0.05) is 5.56 Å². The lowest BCUT2D eigenvalue weighted by molar-refractivity contribution is 0.0976. The number of hydrogen-bond acceptors (Lipinski definition) is 2. The van der Waals surface area contributed by atoms with Gasteiger partial charge in [0.1, 0.15) is 0 Å². The van der Waals surface area contributed by atoms with E-state index in [0.29, 0.717) is 5.56 Å². The summed E-state index contributed by atoms with van der Waals surface area (Å²) in [6, 6.07) is 17.1. The van der Waals surface area contributed by atoms with E-state index in [1.165, 1.54) is 6.08 Å². The van der Waals surface area contributed by atoms with Gasteiger partial charge >= 0.3 is 0 Å². The van der Waals surface area contributed by atoms with Crippen LogP contribution in [0.2, 0.25) is 0 Å². The van der Waals surface area contributed by atoms with E-state index in [-0.39, 0.29) is 11.5 Å². The van der Waals surface area contributed by atoms with Crippen molar-refractivity contribution in [2.24, 2.45) is 0 Å². The maximum atomic E-state index is 11.9. The number of fused-ring (bicyclic) bond motifs is 1. The average molecular weight is 248 g/mol. The summed E-state index contributed by atoms with van der Waals surface area (Å²) in [6.45, 7) is 0. The zero-order valence-corrected chi connectivity index (χ0v) is 10.2. The second kappa shape index (κ2) is 4.58. The lowest BCUT2D eigenvalue weighted by atomic mass is 9.89. The molecule has 2 aromatic carbocycles. The van der Waals surface area contributed by atoms with Gasteiger partial charge in [-0.2, -0.15) is 0 Å². The quantitative estimate of drug-likeness (QED) is 0.831. The zero-order chi connectivity index (χ0) is 13.2. The maximum Gasteiger partial charge on any atom is 0.227 e. The van der Waals surface area contributed by atoms with E-state index in [2.05, 4.69) is 0 Å². The molecule has 0 radical (unpaired) electrons. The number of rotatable bonds is 1. The number of Topliss-reactive ketones (excluding diaryl/α,β-unsaturated/α-hetero) is 1. The summed E-state index contributed by atoms with van der Waals surface area (Å²) in [7, 11) is 0. The second-order valence-electron chi connectivity index (χ2n) is 4.41. The summed E-state index contributed by atoms with van der Waals surface area (Å²) in [5.41, 5.74) is 3.28. The molecule has 0 amide bonds. The van der Waals surface area contributed by atoms with Gasteiger partial charge in [-0.05, 0) is 28.9 Å². The molecule has 0 spiro atoms. The van der Waals surface area contributed by atoms with Crippen LogP contribution in [0, 0.1) is 0 Å². The Labute approximate surface area is 111 Å². The van der Waals surface area contributed by atoms with Gasteiger partial charge in [-0.25, -0.2) is 0 Å². The Kier molecular flexibility index (Phi) is 2.76. The summed E-state index contributed by atoms with van der Waals surface area (Å²) in [6.07, 6.45) is 3.49. The van der Waals surface area contributed by atoms with Crippen LogP contribution in [0.5, 0.6) is 0 Å². The molecule has 19 heavy (non-hydrogen) atoms. The molecule has 0 saturated carbocycles. The minimum Gasteiger partial charge on any atom is -0.504 e. The summed E-state index contributed by atoms with van der Waals surface area (Å²) in [4.78, 5) is 11.9. The predicted molar refractivity (Wildman–Crippen MR) is 75.8 cm³/mol. The Morgan fingerprint density at radius 2 is 1.47 bits per heavy atom. The van der Waals surface area contributed by atoms with E-state index in [1.54, 1.807) is 12.1 Å². The van der Waals surface area contributed by atoms with Gasteiger partial charge in [0.2, 0.25) is 5.78 Å². The lowest BCUT2D eigenvalue weighted by Crippen LogP contribution is -2.10. The van der Waals surface area contributed by atoms with Gasteiger partial charge in [-0.15, -0.1) is 0 Å². The first kappa shape index (κ1) is 11.5. The third-order valence-electron chi connectivity index (χ3n) is 3.13. The van der Waals surface area contributed by atoms with Crippen LogP contribution in [0.15, 0.2) is 66.4 Å². The largest absolute Gasteiger partial charge is 0.504 e. The van der Waals surface area contributed by atoms with Crippen molar-refractivity contribution in [1.29, 1.82) is 0 Å². The smallest absolute Gasteiger partial charge is 0.227 e. The number of carbonyl (C=O) groups excluding carboxylic acids is 1. The van der Waals surface area contributed by atoms with Gasteiger partial charge < -0.3 is 5.11 Å². The Balaban J connectivity index is 2.17. The van der Waals surface area contributed by atoms with E-state index in [9.17, 15) is 9.90 Å². The SMILES string of the molecule is O=C1C(O)=C/C(=C\c2ccccc2)c2ccccc21. The fourth-order valence-corrected chi connectivity index (χ4v) is 2.21. The zero-order valence-electron chi connectivity index (χ0n) is 10.2. The summed E-state index contributed by atoms with van der Waals surface area (Å²) in [5, 5.41) is 9.74. The topological polar surface area (TPSA) is 37.3 Å². The van der Waals surface area contributed by atoms with Crippen molar-refractivity contribution in [3.63, 3.8) is 0 Å². The highest BCUT2D eigenvalue weighted by Crippen LogP contribution is 2.29. The van der Waals surface area contributed by atoms with Crippen molar-refractivity contribution in [3.05, 3.63) is 83.1 Å². The van der Waals surface area contributed by atoms with Crippen LogP contribution in [0.1, 0.15) is 21.5 Å². The maximum absolute atomic E-state index is 11.9. The molecular weight excluding hydrogens is 236 g/mol. The molecule has 1 N–H and O–H groups in total. The molecule has 0 unspecified atom stereocenters. The highest BCUT2D eigenvalue weighted by atomic mass is 16.3. The van der Waals surface area contributed by atoms with Crippen LogP contribution in [0.25, 0.3) is 11.6 Å². The predicted octanol–water partition coefficient (Wildman–Crippen LogP) is 3.87. The van der Waals surface area contributed by atoms with Crippen molar-refractivity contribution in [1.82, 2.24) is 0 Å². The Bertz CT molecular complexity index is 694. The van der Waals surface area contributed by atoms with Crippen molar-refractivity contribution < 1.29 is 9.90 Å². The highest BCUT2D eigenvalue weighted by molar-refractivity contribution is 6.16. The molecular formula is C17H12O2. The van der Waals surface area contributed by atoms with Gasteiger partial charge in [-0.3, -0.25) is 4.79 Å². The summed E-state index contributed by atoms with van der Waals surface area (Å²) >= 11 is 0. The minimum absolute atomic E-state index is 0.208. The molecule has 2 aromatic rings. The van der Waals surface area contributed by atoms with Gasteiger partial charge in [0.25, 0.3) is 0 Å². The minimum atomic E-state index is -0.319. The normalized spacial score (nSPS) is 16.1. The summed E-state index contributed by atoms with van der Waals surface area (Å²) < 4.78 is 0. The Morgan fingerprint density at radius 3 is 2.21 bits per heavy atom. The fraction of sp³-hybridized carbons (Fsp3) is 0. The molecule has 0 fully saturated rings. The Hall–Kier alpha value is -2.61. The molecule has 1 aliphatic carbocycles. The van der Waals surface area contributed by atoms with Crippen LogP contribution in [0.3, 0.4) is 0 Å². The van der Waals surface area contributed by atoms with Crippen molar-refractivity contribution >= 4 is 17.4 Å². The standard InChI is InChI=1S/C17H12O2/c18-16-11-13(10-12-6-2-1-3-7-12)14-8-4-5-9-15(14)17(16)19/h1-11,18H/b13-10+. The monoisotopic (exact) mass is 248 g/mol. The number of ketones is 1. The third-order valence-corrected chi connectivity index (χ3v) is 3.13. The number of allylic oxidation sites excluding steroid dienone is 3. The molecule has 0 aliphatic heterocycles. The number of hydrogen-bond donors (Lipinski definition) is 1. The highest BCUT2D eigenvalue weighted by Gasteiger charge is 2.22. The van der Waals surface area contributed by atoms with Crippen molar-refractivity contribution in [2.75, 3.05) is 0 Å². The first-order valence-corrected chi connectivity index (χ1v) is 6.07. The first-order valence-electron chi connectivity index (χ1n) is 6.07. The van der Waals surface area contributed by atoms with Crippen LogP contribution in [-0.2, 0) is 0 Å².